The summed E-state index contributed by atoms with van der Waals surface area (Å²) >= 11 is 0. The van der Waals surface area contributed by atoms with Crippen LogP contribution in [0.4, 0.5) is 5.69 Å². The van der Waals surface area contributed by atoms with Gasteiger partial charge < -0.3 is 19.3 Å². The van der Waals surface area contributed by atoms with Gasteiger partial charge in [0, 0.05) is 16.8 Å². The first-order valence-electron chi connectivity index (χ1n) is 9.44. The van der Waals surface area contributed by atoms with Gasteiger partial charge in [0.2, 0.25) is 0 Å². The molecule has 144 valence electrons. The van der Waals surface area contributed by atoms with Crippen LogP contribution in [0.25, 0.3) is 0 Å². The summed E-state index contributed by atoms with van der Waals surface area (Å²) < 4.78 is 10.8. The van der Waals surface area contributed by atoms with E-state index in [1.807, 2.05) is 19.1 Å². The Morgan fingerprint density at radius 2 is 1.74 bits per heavy atom. The second-order valence-electron chi connectivity index (χ2n) is 7.14. The number of nitrogens with one attached hydrogen (secondary N) is 1. The molecule has 1 aliphatic heterocycles. The molecule has 0 unspecified atom stereocenters. The van der Waals surface area contributed by atoms with Crippen LogP contribution in [0.15, 0.2) is 36.4 Å². The van der Waals surface area contributed by atoms with Crippen molar-refractivity contribution in [1.29, 1.82) is 0 Å². The van der Waals surface area contributed by atoms with E-state index in [1.165, 1.54) is 11.3 Å². The molecule has 5 nitrogen and oxygen atoms in total. The highest BCUT2D eigenvalue weighted by molar-refractivity contribution is 5.78. The number of ether oxygens (including phenoxy) is 2. The Hall–Kier alpha value is -2.53. The van der Waals surface area contributed by atoms with Crippen molar-refractivity contribution in [3.8, 4) is 11.5 Å². The first-order valence-corrected chi connectivity index (χ1v) is 9.44. The first-order chi connectivity index (χ1) is 13.1. The molecule has 1 atom stereocenters. The summed E-state index contributed by atoms with van der Waals surface area (Å²) in [6.07, 6.45) is 0.923. The van der Waals surface area contributed by atoms with E-state index in [2.05, 4.69) is 36.1 Å². The number of rotatable bonds is 6. The summed E-state index contributed by atoms with van der Waals surface area (Å²) in [6.45, 7) is 8.43. The van der Waals surface area contributed by atoms with E-state index in [4.69, 9.17) is 9.47 Å². The average molecular weight is 369 g/mol. The van der Waals surface area contributed by atoms with Crippen molar-refractivity contribution in [3.05, 3.63) is 53.1 Å². The van der Waals surface area contributed by atoms with Crippen molar-refractivity contribution in [1.82, 2.24) is 0 Å². The highest BCUT2D eigenvalue weighted by Crippen LogP contribution is 2.29. The number of carbonyl (C=O) groups is 1. The molecule has 0 radical (unpaired) electrons. The zero-order valence-electron chi connectivity index (χ0n) is 16.6. The molecule has 1 heterocycles. The monoisotopic (exact) mass is 369 g/mol. The zero-order chi connectivity index (χ0) is 19.4. The lowest BCUT2D eigenvalue weighted by Gasteiger charge is -2.37. The molecule has 0 saturated carbocycles. The summed E-state index contributed by atoms with van der Waals surface area (Å²) in [5.41, 5.74) is 4.28. The van der Waals surface area contributed by atoms with E-state index in [1.54, 1.807) is 19.1 Å². The lowest BCUT2D eigenvalue weighted by atomic mass is 10.0. The van der Waals surface area contributed by atoms with Gasteiger partial charge in [-0.25, -0.2) is 0 Å². The summed E-state index contributed by atoms with van der Waals surface area (Å²) in [4.78, 5) is 15.0. The molecule has 2 aromatic rings. The Kier molecular flexibility index (Phi) is 6.01. The van der Waals surface area contributed by atoms with E-state index in [0.717, 1.165) is 55.1 Å². The Morgan fingerprint density at radius 1 is 1.04 bits per heavy atom. The number of piperazine rings is 1. The molecule has 2 aromatic carbocycles. The lowest BCUT2D eigenvalue weighted by Crippen LogP contribution is -3.14. The Labute approximate surface area is 161 Å². The molecule has 1 saturated heterocycles. The van der Waals surface area contributed by atoms with Crippen LogP contribution in [0.2, 0.25) is 0 Å². The minimum Gasteiger partial charge on any atom is -0.493 e. The van der Waals surface area contributed by atoms with Gasteiger partial charge in [0.25, 0.3) is 0 Å². The first kappa shape index (κ1) is 19.2. The van der Waals surface area contributed by atoms with E-state index < -0.39 is 0 Å². The molecule has 1 N–H and O–H groups in total. The highest BCUT2D eigenvalue weighted by Gasteiger charge is 2.26. The minimum absolute atomic E-state index is 0.395. The number of methoxy groups -OCH3 is 2. The maximum Gasteiger partial charge on any atom is 0.161 e. The second-order valence-corrected chi connectivity index (χ2v) is 7.14. The molecule has 1 fully saturated rings. The van der Waals surface area contributed by atoms with Crippen LogP contribution in [0, 0.1) is 6.92 Å². The van der Waals surface area contributed by atoms with Gasteiger partial charge in [0.05, 0.1) is 40.4 Å². The summed E-state index contributed by atoms with van der Waals surface area (Å²) in [6, 6.07) is 12.7. The zero-order valence-corrected chi connectivity index (χ0v) is 16.6. The van der Waals surface area contributed by atoms with Gasteiger partial charge in [-0.3, -0.25) is 4.79 Å². The SMILES string of the molecule is COc1ccc([C@@H](C)[NH+]2CCN(c3ccc(C=O)c(C)c3)CC2)cc1OC. The van der Waals surface area contributed by atoms with Gasteiger partial charge in [-0.05, 0) is 55.8 Å². The van der Waals surface area contributed by atoms with Gasteiger partial charge in [-0.15, -0.1) is 0 Å². The predicted octanol–water partition coefficient (Wildman–Crippen LogP) is 2.29. The van der Waals surface area contributed by atoms with Gasteiger partial charge in [0.15, 0.2) is 11.5 Å². The van der Waals surface area contributed by atoms with E-state index >= 15 is 0 Å². The number of hydrogen-bond acceptors (Lipinski definition) is 4. The fourth-order valence-corrected chi connectivity index (χ4v) is 3.83. The van der Waals surface area contributed by atoms with E-state index in [0.29, 0.717) is 6.04 Å². The molecular weight excluding hydrogens is 340 g/mol. The predicted molar refractivity (Wildman–Crippen MR) is 107 cm³/mol. The summed E-state index contributed by atoms with van der Waals surface area (Å²) in [7, 11) is 3.34. The van der Waals surface area contributed by atoms with Gasteiger partial charge in [-0.1, -0.05) is 0 Å². The third-order valence-electron chi connectivity index (χ3n) is 5.67. The van der Waals surface area contributed by atoms with Crippen molar-refractivity contribution in [2.75, 3.05) is 45.3 Å². The quantitative estimate of drug-likeness (QED) is 0.794. The van der Waals surface area contributed by atoms with E-state index in [9.17, 15) is 4.79 Å². The number of nitrogens with zero attached hydrogens (tertiary/aromatic N) is 1. The molecule has 0 aliphatic carbocycles. The number of anilines is 1. The van der Waals surface area contributed by atoms with Crippen LogP contribution >= 0.6 is 0 Å². The lowest BCUT2D eigenvalue weighted by molar-refractivity contribution is -0.930. The molecule has 3 rings (SSSR count). The van der Waals surface area contributed by atoms with Gasteiger partial charge in [-0.2, -0.15) is 0 Å². The van der Waals surface area contributed by atoms with Crippen molar-refractivity contribution >= 4 is 12.0 Å². The Balaban J connectivity index is 1.66. The van der Waals surface area contributed by atoms with E-state index in [-0.39, 0.29) is 0 Å². The highest BCUT2D eigenvalue weighted by atomic mass is 16.5. The standard InChI is InChI=1S/C22H28N2O3/c1-16-13-20(7-5-19(16)15-25)24-11-9-23(10-12-24)17(2)18-6-8-21(26-3)22(14-18)27-4/h5-8,13-15,17H,9-12H2,1-4H3/p+1/t17-/m1/s1. The molecule has 0 spiro atoms. The number of benzene rings is 2. The topological polar surface area (TPSA) is 43.2 Å². The average Bonchev–Trinajstić information content (AvgIpc) is 2.72. The number of carbonyl (C=O) groups excluding carboxylic acids is 1. The molecule has 0 bridgehead atoms. The van der Waals surface area contributed by atoms with Crippen molar-refractivity contribution in [2.45, 2.75) is 19.9 Å². The van der Waals surface area contributed by atoms with Crippen molar-refractivity contribution in [2.24, 2.45) is 0 Å². The van der Waals surface area contributed by atoms with Crippen LogP contribution in [0.3, 0.4) is 0 Å². The Bertz CT molecular complexity index is 798. The molecule has 5 heteroatoms. The third kappa shape index (κ3) is 4.08. The van der Waals surface area contributed by atoms with Crippen molar-refractivity contribution in [3.63, 3.8) is 0 Å². The maximum atomic E-state index is 11.0. The second kappa shape index (κ2) is 8.44. The maximum absolute atomic E-state index is 11.0. The third-order valence-corrected chi connectivity index (χ3v) is 5.67. The van der Waals surface area contributed by atoms with Crippen LogP contribution < -0.4 is 19.3 Å². The number of aryl methyl sites for hydroxylation is 1. The molecule has 1 aliphatic rings. The molecule has 0 aromatic heterocycles. The number of aldehydes is 1. The van der Waals surface area contributed by atoms with Crippen LogP contribution in [-0.2, 0) is 0 Å². The van der Waals surface area contributed by atoms with Crippen molar-refractivity contribution < 1.29 is 19.2 Å². The largest absolute Gasteiger partial charge is 0.493 e. The Morgan fingerprint density at radius 3 is 2.33 bits per heavy atom. The summed E-state index contributed by atoms with van der Waals surface area (Å²) in [5, 5.41) is 0. The normalized spacial score (nSPS) is 16.1. The smallest absolute Gasteiger partial charge is 0.161 e. The number of hydrogen-bond donors (Lipinski definition) is 1. The fourth-order valence-electron chi connectivity index (χ4n) is 3.83. The fraction of sp³-hybridized carbons (Fsp3) is 0.409. The van der Waals surface area contributed by atoms with Crippen LogP contribution in [0.1, 0.15) is 34.5 Å². The summed E-state index contributed by atoms with van der Waals surface area (Å²) in [5.74, 6) is 1.55. The molecular formula is C22H29N2O3+. The number of quaternary nitrogens is 1. The van der Waals surface area contributed by atoms with Crippen LogP contribution in [-0.4, -0.2) is 46.7 Å². The molecule has 27 heavy (non-hydrogen) atoms. The molecule has 0 amide bonds. The minimum atomic E-state index is 0.395. The van der Waals surface area contributed by atoms with Gasteiger partial charge >= 0.3 is 0 Å². The van der Waals surface area contributed by atoms with Crippen LogP contribution in [0.5, 0.6) is 11.5 Å². The van der Waals surface area contributed by atoms with Gasteiger partial charge in [0.1, 0.15) is 12.3 Å².